The monoisotopic (exact) mass is 327 g/mol. The van der Waals surface area contributed by atoms with Gasteiger partial charge in [0.2, 0.25) is 0 Å². The van der Waals surface area contributed by atoms with E-state index in [0.717, 1.165) is 24.1 Å². The van der Waals surface area contributed by atoms with Gasteiger partial charge < -0.3 is 9.84 Å². The van der Waals surface area contributed by atoms with Gasteiger partial charge in [0.1, 0.15) is 17.9 Å². The Morgan fingerprint density at radius 3 is 2.74 bits per heavy atom. The number of halogens is 1. The first-order valence-electron chi connectivity index (χ1n) is 6.55. The highest BCUT2D eigenvalue weighted by Gasteiger charge is 2.13. The third-order valence-corrected chi connectivity index (χ3v) is 3.78. The molecule has 0 bridgehead atoms. The molecule has 1 N–H and O–H groups in total. The van der Waals surface area contributed by atoms with Crippen LogP contribution >= 0.6 is 15.9 Å². The first-order chi connectivity index (χ1) is 9.16. The lowest BCUT2D eigenvalue weighted by Gasteiger charge is -2.26. The molecule has 0 unspecified atom stereocenters. The first kappa shape index (κ1) is 14.3. The van der Waals surface area contributed by atoms with Crippen LogP contribution in [0.2, 0.25) is 0 Å². The van der Waals surface area contributed by atoms with Crippen LogP contribution in [0.25, 0.3) is 0 Å². The number of piperidine rings is 1. The van der Waals surface area contributed by atoms with Gasteiger partial charge in [-0.1, -0.05) is 22.4 Å². The third kappa shape index (κ3) is 4.21. The van der Waals surface area contributed by atoms with Gasteiger partial charge in [0.05, 0.1) is 0 Å². The third-order valence-electron chi connectivity index (χ3n) is 3.29. The SMILES string of the molecule is O=C(O)c1cc(Br)ccc1OCCN1CCCCC1. The predicted octanol–water partition coefficient (Wildman–Crippen LogP) is 3.01. The molecule has 19 heavy (non-hydrogen) atoms. The minimum absolute atomic E-state index is 0.202. The number of benzene rings is 1. The van der Waals surface area contributed by atoms with Crippen LogP contribution < -0.4 is 4.74 Å². The number of nitrogens with zero attached hydrogens (tertiary/aromatic N) is 1. The Labute approximate surface area is 121 Å². The fraction of sp³-hybridized carbons (Fsp3) is 0.500. The molecule has 1 saturated heterocycles. The van der Waals surface area contributed by atoms with Crippen LogP contribution in [0.15, 0.2) is 22.7 Å². The average Bonchev–Trinajstić information content (AvgIpc) is 2.41. The standard InChI is InChI=1S/C14H18BrNO3/c15-11-4-5-13(12(10-11)14(17)18)19-9-8-16-6-2-1-3-7-16/h4-5,10H,1-3,6-9H2,(H,17,18). The smallest absolute Gasteiger partial charge is 0.339 e. The van der Waals surface area contributed by atoms with Gasteiger partial charge in [0, 0.05) is 11.0 Å². The van der Waals surface area contributed by atoms with Gasteiger partial charge in [-0.3, -0.25) is 4.90 Å². The van der Waals surface area contributed by atoms with Crippen molar-refractivity contribution in [3.8, 4) is 5.75 Å². The maximum atomic E-state index is 11.1. The molecule has 1 aliphatic heterocycles. The Hall–Kier alpha value is -1.07. The summed E-state index contributed by atoms with van der Waals surface area (Å²) in [4.78, 5) is 13.5. The van der Waals surface area contributed by atoms with Crippen LogP contribution in [-0.2, 0) is 0 Å². The molecule has 5 heteroatoms. The molecule has 1 aliphatic rings. The summed E-state index contributed by atoms with van der Waals surface area (Å²) in [5.41, 5.74) is 0.202. The van der Waals surface area contributed by atoms with Crippen molar-refractivity contribution in [2.24, 2.45) is 0 Å². The molecule has 1 fully saturated rings. The molecule has 1 heterocycles. The van der Waals surface area contributed by atoms with Gasteiger partial charge in [-0.05, 0) is 44.1 Å². The molecule has 4 nitrogen and oxygen atoms in total. The maximum absolute atomic E-state index is 11.1. The quantitative estimate of drug-likeness (QED) is 0.903. The van der Waals surface area contributed by atoms with Gasteiger partial charge in [0.15, 0.2) is 0 Å². The van der Waals surface area contributed by atoms with Crippen LogP contribution in [0.4, 0.5) is 0 Å². The van der Waals surface area contributed by atoms with Crippen molar-refractivity contribution in [3.05, 3.63) is 28.2 Å². The summed E-state index contributed by atoms with van der Waals surface area (Å²) in [5.74, 6) is -0.526. The number of carboxylic acids is 1. The zero-order valence-corrected chi connectivity index (χ0v) is 12.4. The Bertz CT molecular complexity index is 444. The summed E-state index contributed by atoms with van der Waals surface area (Å²) in [5, 5.41) is 9.13. The summed E-state index contributed by atoms with van der Waals surface area (Å²) in [6.45, 7) is 3.63. The van der Waals surface area contributed by atoms with E-state index in [4.69, 9.17) is 9.84 Å². The second-order valence-corrected chi connectivity index (χ2v) is 5.61. The van der Waals surface area contributed by atoms with Crippen molar-refractivity contribution < 1.29 is 14.6 Å². The minimum Gasteiger partial charge on any atom is -0.491 e. The van der Waals surface area contributed by atoms with Crippen LogP contribution in [0.5, 0.6) is 5.75 Å². The normalized spacial score (nSPS) is 16.3. The Balaban J connectivity index is 1.89. The van der Waals surface area contributed by atoms with Gasteiger partial charge in [-0.2, -0.15) is 0 Å². The molecule has 0 saturated carbocycles. The van der Waals surface area contributed by atoms with Crippen LogP contribution in [0, 0.1) is 0 Å². The molecule has 2 rings (SSSR count). The highest BCUT2D eigenvalue weighted by molar-refractivity contribution is 9.10. The molecule has 1 aromatic carbocycles. The topological polar surface area (TPSA) is 49.8 Å². The summed E-state index contributed by atoms with van der Waals surface area (Å²) >= 11 is 3.27. The number of likely N-dealkylation sites (tertiary alicyclic amines) is 1. The largest absolute Gasteiger partial charge is 0.491 e. The van der Waals surface area contributed by atoms with E-state index in [2.05, 4.69) is 20.8 Å². The van der Waals surface area contributed by atoms with Gasteiger partial charge in [-0.15, -0.1) is 0 Å². The number of aromatic carboxylic acids is 1. The molecule has 0 spiro atoms. The van der Waals surface area contributed by atoms with Gasteiger partial charge >= 0.3 is 5.97 Å². The van der Waals surface area contributed by atoms with E-state index in [1.54, 1.807) is 18.2 Å². The average molecular weight is 328 g/mol. The number of carbonyl (C=O) groups is 1. The van der Waals surface area contributed by atoms with Crippen LogP contribution in [0.3, 0.4) is 0 Å². The van der Waals surface area contributed by atoms with Crippen LogP contribution in [-0.4, -0.2) is 42.2 Å². The van der Waals surface area contributed by atoms with E-state index in [9.17, 15) is 4.79 Å². The molecular formula is C14H18BrNO3. The van der Waals surface area contributed by atoms with Crippen molar-refractivity contribution in [2.45, 2.75) is 19.3 Å². The molecular weight excluding hydrogens is 310 g/mol. The van der Waals surface area contributed by atoms with E-state index in [0.29, 0.717) is 12.4 Å². The molecule has 104 valence electrons. The van der Waals surface area contributed by atoms with Crippen molar-refractivity contribution in [3.63, 3.8) is 0 Å². The van der Waals surface area contributed by atoms with Gasteiger partial charge in [0.25, 0.3) is 0 Å². The number of hydrogen-bond donors (Lipinski definition) is 1. The number of rotatable bonds is 5. The lowest BCUT2D eigenvalue weighted by Crippen LogP contribution is -2.33. The number of ether oxygens (including phenoxy) is 1. The van der Waals surface area contributed by atoms with Crippen molar-refractivity contribution in [1.29, 1.82) is 0 Å². The predicted molar refractivity (Wildman–Crippen MR) is 76.9 cm³/mol. The minimum atomic E-state index is -0.964. The summed E-state index contributed by atoms with van der Waals surface area (Å²) in [7, 11) is 0. The van der Waals surface area contributed by atoms with Crippen LogP contribution in [0.1, 0.15) is 29.6 Å². The maximum Gasteiger partial charge on any atom is 0.339 e. The fourth-order valence-electron chi connectivity index (χ4n) is 2.26. The van der Waals surface area contributed by atoms with E-state index in [1.807, 2.05) is 0 Å². The summed E-state index contributed by atoms with van der Waals surface area (Å²) in [6, 6.07) is 5.06. The molecule has 0 radical (unpaired) electrons. The van der Waals surface area contributed by atoms with E-state index in [-0.39, 0.29) is 5.56 Å². The van der Waals surface area contributed by atoms with Crippen molar-refractivity contribution in [2.75, 3.05) is 26.2 Å². The Morgan fingerprint density at radius 2 is 2.05 bits per heavy atom. The molecule has 0 aromatic heterocycles. The Morgan fingerprint density at radius 1 is 1.32 bits per heavy atom. The van der Waals surface area contributed by atoms with E-state index < -0.39 is 5.97 Å². The fourth-order valence-corrected chi connectivity index (χ4v) is 2.62. The first-order valence-corrected chi connectivity index (χ1v) is 7.34. The zero-order valence-electron chi connectivity index (χ0n) is 10.8. The lowest BCUT2D eigenvalue weighted by molar-refractivity contribution is 0.0691. The second-order valence-electron chi connectivity index (χ2n) is 4.70. The highest BCUT2D eigenvalue weighted by Crippen LogP contribution is 2.23. The van der Waals surface area contributed by atoms with Crippen molar-refractivity contribution >= 4 is 21.9 Å². The highest BCUT2D eigenvalue weighted by atomic mass is 79.9. The van der Waals surface area contributed by atoms with E-state index >= 15 is 0 Å². The summed E-state index contributed by atoms with van der Waals surface area (Å²) in [6.07, 6.45) is 3.81. The summed E-state index contributed by atoms with van der Waals surface area (Å²) < 4.78 is 6.36. The molecule has 1 aromatic rings. The molecule has 0 atom stereocenters. The number of hydrogen-bond acceptors (Lipinski definition) is 3. The molecule has 0 amide bonds. The van der Waals surface area contributed by atoms with Gasteiger partial charge in [-0.25, -0.2) is 4.79 Å². The zero-order chi connectivity index (χ0) is 13.7. The number of carboxylic acid groups (broad SMARTS) is 1. The van der Waals surface area contributed by atoms with E-state index in [1.165, 1.54) is 19.3 Å². The molecule has 0 aliphatic carbocycles. The lowest BCUT2D eigenvalue weighted by atomic mass is 10.1. The second kappa shape index (κ2) is 6.91. The van der Waals surface area contributed by atoms with Crippen molar-refractivity contribution in [1.82, 2.24) is 4.90 Å². The Kier molecular flexibility index (Phi) is 5.22.